The van der Waals surface area contributed by atoms with Gasteiger partial charge in [-0.2, -0.15) is 0 Å². The molecule has 0 bridgehead atoms. The Bertz CT molecular complexity index is 578. The predicted molar refractivity (Wildman–Crippen MR) is 84.6 cm³/mol. The molecule has 0 saturated carbocycles. The van der Waals surface area contributed by atoms with Gasteiger partial charge in [-0.3, -0.25) is 0 Å². The maximum Gasteiger partial charge on any atom is 0.135 e. The molecule has 0 atom stereocenters. The van der Waals surface area contributed by atoms with E-state index in [2.05, 4.69) is 35.5 Å². The number of rotatable bonds is 8. The van der Waals surface area contributed by atoms with Crippen molar-refractivity contribution in [2.45, 2.75) is 32.9 Å². The molecule has 0 fully saturated rings. The van der Waals surface area contributed by atoms with Crippen molar-refractivity contribution >= 4 is 11.0 Å². The fraction of sp³-hybridized carbons (Fsp3) is 0.562. The molecule has 0 aliphatic heterocycles. The number of benzene rings is 1. The highest BCUT2D eigenvalue weighted by Crippen LogP contribution is 2.22. The summed E-state index contributed by atoms with van der Waals surface area (Å²) in [5, 5.41) is 9.51. The first kappa shape index (κ1) is 15.8. The van der Waals surface area contributed by atoms with Gasteiger partial charge in [0.2, 0.25) is 0 Å². The van der Waals surface area contributed by atoms with Crippen LogP contribution >= 0.6 is 0 Å². The minimum Gasteiger partial charge on any atom is -0.494 e. The lowest BCUT2D eigenvalue weighted by atomic mass is 10.3. The molecule has 0 aliphatic rings. The molecule has 0 aliphatic carbocycles. The Kier molecular flexibility index (Phi) is 5.59. The van der Waals surface area contributed by atoms with Gasteiger partial charge in [-0.15, -0.1) is 0 Å². The normalized spacial score (nSPS) is 11.5. The molecule has 1 heterocycles. The number of aliphatic hydroxyl groups is 1. The van der Waals surface area contributed by atoms with Crippen LogP contribution in [0.4, 0.5) is 0 Å². The van der Waals surface area contributed by atoms with Crippen LogP contribution < -0.4 is 4.74 Å². The highest BCUT2D eigenvalue weighted by molar-refractivity contribution is 5.77. The maximum absolute atomic E-state index is 9.51. The molecular weight excluding hydrogens is 266 g/mol. The van der Waals surface area contributed by atoms with E-state index in [1.54, 1.807) is 0 Å². The number of aryl methyl sites for hydroxylation is 1. The van der Waals surface area contributed by atoms with E-state index in [4.69, 9.17) is 4.74 Å². The van der Waals surface area contributed by atoms with Crippen LogP contribution in [0.1, 0.15) is 25.6 Å². The molecule has 0 unspecified atom stereocenters. The van der Waals surface area contributed by atoms with Crippen molar-refractivity contribution in [3.63, 3.8) is 0 Å². The van der Waals surface area contributed by atoms with Gasteiger partial charge in [-0.1, -0.05) is 6.92 Å². The Hall–Kier alpha value is -1.59. The van der Waals surface area contributed by atoms with Gasteiger partial charge in [-0.05, 0) is 45.6 Å². The van der Waals surface area contributed by atoms with Crippen LogP contribution in [-0.2, 0) is 13.2 Å². The first-order valence-electron chi connectivity index (χ1n) is 7.53. The van der Waals surface area contributed by atoms with Crippen LogP contribution in [0.15, 0.2) is 18.2 Å². The summed E-state index contributed by atoms with van der Waals surface area (Å²) in [5.74, 6) is 1.56. The van der Waals surface area contributed by atoms with Gasteiger partial charge in [0.15, 0.2) is 0 Å². The Morgan fingerprint density at radius 2 is 2.14 bits per heavy atom. The quantitative estimate of drug-likeness (QED) is 0.810. The minimum atomic E-state index is -0.0399. The van der Waals surface area contributed by atoms with E-state index in [0.717, 1.165) is 48.5 Å². The Balaban J connectivity index is 2.22. The van der Waals surface area contributed by atoms with E-state index in [-0.39, 0.29) is 6.61 Å². The molecule has 1 N–H and O–H groups in total. The zero-order valence-corrected chi connectivity index (χ0v) is 13.2. The molecule has 1 aromatic heterocycles. The average Bonchev–Trinajstić information content (AvgIpc) is 2.82. The van der Waals surface area contributed by atoms with E-state index in [9.17, 15) is 5.11 Å². The predicted octanol–water partition coefficient (Wildman–Crippen LogP) is 2.27. The van der Waals surface area contributed by atoms with Gasteiger partial charge in [-0.25, -0.2) is 4.98 Å². The molecule has 21 heavy (non-hydrogen) atoms. The van der Waals surface area contributed by atoms with Crippen LogP contribution in [-0.4, -0.2) is 46.8 Å². The molecule has 2 rings (SSSR count). The molecule has 0 spiro atoms. The third kappa shape index (κ3) is 3.95. The second-order valence-electron chi connectivity index (χ2n) is 5.49. The molecule has 2 aromatic rings. The van der Waals surface area contributed by atoms with E-state index >= 15 is 0 Å². The highest BCUT2D eigenvalue weighted by atomic mass is 16.5. The minimum absolute atomic E-state index is 0.0399. The molecule has 1 aromatic carbocycles. The molecule has 0 saturated heterocycles. The maximum atomic E-state index is 9.51. The standard InChI is InChI=1S/C16H25N3O2/c1-4-10-21-13-6-7-15-14(11-13)17-16(12-20)19(15)9-5-8-18(2)3/h6-7,11,20H,4-5,8-10,12H2,1-3H3. The lowest BCUT2D eigenvalue weighted by Crippen LogP contribution is -2.15. The average molecular weight is 291 g/mol. The van der Waals surface area contributed by atoms with Crippen LogP contribution in [0.25, 0.3) is 11.0 Å². The third-order valence-corrected chi connectivity index (χ3v) is 3.40. The lowest BCUT2D eigenvalue weighted by molar-refractivity contribution is 0.264. The summed E-state index contributed by atoms with van der Waals surface area (Å²) in [5.41, 5.74) is 1.94. The van der Waals surface area contributed by atoms with Crippen molar-refractivity contribution in [1.82, 2.24) is 14.5 Å². The SMILES string of the molecule is CCCOc1ccc2c(c1)nc(CO)n2CCCN(C)C. The number of hydrogen-bond acceptors (Lipinski definition) is 4. The van der Waals surface area contributed by atoms with Crippen LogP contribution in [0.3, 0.4) is 0 Å². The summed E-state index contributed by atoms with van der Waals surface area (Å²) in [7, 11) is 4.13. The number of aliphatic hydroxyl groups excluding tert-OH is 1. The Labute approximate surface area is 126 Å². The zero-order valence-electron chi connectivity index (χ0n) is 13.2. The monoisotopic (exact) mass is 291 g/mol. The summed E-state index contributed by atoms with van der Waals surface area (Å²) in [6.45, 7) is 4.63. The molecular formula is C16H25N3O2. The van der Waals surface area contributed by atoms with Crippen molar-refractivity contribution in [3.05, 3.63) is 24.0 Å². The molecule has 5 heteroatoms. The number of hydrogen-bond donors (Lipinski definition) is 1. The Morgan fingerprint density at radius 1 is 1.33 bits per heavy atom. The van der Waals surface area contributed by atoms with Gasteiger partial charge >= 0.3 is 0 Å². The number of fused-ring (bicyclic) bond motifs is 1. The van der Waals surface area contributed by atoms with E-state index in [1.807, 2.05) is 18.2 Å². The molecule has 5 nitrogen and oxygen atoms in total. The number of aromatic nitrogens is 2. The lowest BCUT2D eigenvalue weighted by Gasteiger charge is -2.12. The summed E-state index contributed by atoms with van der Waals surface area (Å²) < 4.78 is 7.74. The zero-order chi connectivity index (χ0) is 15.2. The van der Waals surface area contributed by atoms with Crippen molar-refractivity contribution in [2.24, 2.45) is 0 Å². The van der Waals surface area contributed by atoms with Crippen LogP contribution in [0.2, 0.25) is 0 Å². The van der Waals surface area contributed by atoms with Crippen molar-refractivity contribution in [2.75, 3.05) is 27.2 Å². The summed E-state index contributed by atoms with van der Waals surface area (Å²) in [4.78, 5) is 6.68. The second kappa shape index (κ2) is 7.43. The number of imidazole rings is 1. The van der Waals surface area contributed by atoms with Gasteiger partial charge < -0.3 is 19.3 Å². The fourth-order valence-corrected chi connectivity index (χ4v) is 2.38. The number of ether oxygens (including phenoxy) is 1. The highest BCUT2D eigenvalue weighted by Gasteiger charge is 2.10. The van der Waals surface area contributed by atoms with Gasteiger partial charge in [0.25, 0.3) is 0 Å². The van der Waals surface area contributed by atoms with Crippen molar-refractivity contribution in [1.29, 1.82) is 0 Å². The Morgan fingerprint density at radius 3 is 2.81 bits per heavy atom. The van der Waals surface area contributed by atoms with E-state index in [1.165, 1.54) is 0 Å². The second-order valence-corrected chi connectivity index (χ2v) is 5.49. The van der Waals surface area contributed by atoms with Gasteiger partial charge in [0.1, 0.15) is 18.2 Å². The largest absolute Gasteiger partial charge is 0.494 e. The number of nitrogens with zero attached hydrogens (tertiary/aromatic N) is 3. The molecule has 0 amide bonds. The van der Waals surface area contributed by atoms with E-state index < -0.39 is 0 Å². The smallest absolute Gasteiger partial charge is 0.135 e. The molecule has 0 radical (unpaired) electrons. The summed E-state index contributed by atoms with van der Waals surface area (Å²) in [6.07, 6.45) is 2.01. The van der Waals surface area contributed by atoms with Gasteiger partial charge in [0, 0.05) is 12.6 Å². The molecule has 116 valence electrons. The summed E-state index contributed by atoms with van der Waals surface area (Å²) in [6, 6.07) is 5.96. The third-order valence-electron chi connectivity index (χ3n) is 3.40. The summed E-state index contributed by atoms with van der Waals surface area (Å²) >= 11 is 0. The van der Waals surface area contributed by atoms with E-state index in [0.29, 0.717) is 6.61 Å². The first-order chi connectivity index (χ1) is 10.2. The van der Waals surface area contributed by atoms with Crippen molar-refractivity contribution < 1.29 is 9.84 Å². The first-order valence-corrected chi connectivity index (χ1v) is 7.53. The van der Waals surface area contributed by atoms with Crippen LogP contribution in [0, 0.1) is 0 Å². The topological polar surface area (TPSA) is 50.5 Å². The fourth-order valence-electron chi connectivity index (χ4n) is 2.38. The van der Waals surface area contributed by atoms with Gasteiger partial charge in [0.05, 0.1) is 17.6 Å². The van der Waals surface area contributed by atoms with Crippen molar-refractivity contribution in [3.8, 4) is 5.75 Å². The van der Waals surface area contributed by atoms with Crippen LogP contribution in [0.5, 0.6) is 5.75 Å².